The second kappa shape index (κ2) is 4.18. The van der Waals surface area contributed by atoms with Crippen LogP contribution in [0.3, 0.4) is 0 Å². The van der Waals surface area contributed by atoms with Crippen molar-refractivity contribution in [1.82, 2.24) is 0 Å². The molecular weight excluding hydrogens is 252 g/mol. The van der Waals surface area contributed by atoms with E-state index in [1.54, 1.807) is 7.11 Å². The summed E-state index contributed by atoms with van der Waals surface area (Å²) in [6.45, 7) is 3.92. The van der Waals surface area contributed by atoms with Crippen molar-refractivity contribution in [2.24, 2.45) is 11.3 Å². The standard InChI is InChI=1S/C17H20O3/c1-16(11-6-4-5-7-13(11)20-3)8-9-17(2)14(18)10-12(16)15(17)19/h4-7,12H,8-10H2,1-3H3. The van der Waals surface area contributed by atoms with Crippen LogP contribution < -0.4 is 4.74 Å². The summed E-state index contributed by atoms with van der Waals surface area (Å²) in [6, 6.07) is 7.85. The maximum absolute atomic E-state index is 12.6. The number of rotatable bonds is 2. The molecule has 0 saturated heterocycles. The lowest BCUT2D eigenvalue weighted by molar-refractivity contribution is -0.138. The van der Waals surface area contributed by atoms with Crippen molar-refractivity contribution in [3.63, 3.8) is 0 Å². The Kier molecular flexibility index (Phi) is 2.79. The van der Waals surface area contributed by atoms with Gasteiger partial charge in [-0.25, -0.2) is 0 Å². The lowest BCUT2D eigenvalue weighted by Gasteiger charge is -2.41. The van der Waals surface area contributed by atoms with Crippen LogP contribution in [-0.4, -0.2) is 18.7 Å². The normalized spacial score (nSPS) is 36.2. The van der Waals surface area contributed by atoms with Crippen molar-refractivity contribution in [3.05, 3.63) is 29.8 Å². The fourth-order valence-corrected chi connectivity index (χ4v) is 3.93. The minimum absolute atomic E-state index is 0.117. The fraction of sp³-hybridized carbons (Fsp3) is 0.529. The molecule has 0 heterocycles. The van der Waals surface area contributed by atoms with Gasteiger partial charge in [-0.2, -0.15) is 0 Å². The average molecular weight is 272 g/mol. The van der Waals surface area contributed by atoms with Gasteiger partial charge in [0.25, 0.3) is 0 Å². The molecule has 3 rings (SSSR count). The summed E-state index contributed by atoms with van der Waals surface area (Å²) >= 11 is 0. The van der Waals surface area contributed by atoms with E-state index in [4.69, 9.17) is 4.74 Å². The molecule has 3 heteroatoms. The second-order valence-corrected chi connectivity index (χ2v) is 6.49. The smallest absolute Gasteiger partial charge is 0.150 e. The zero-order valence-corrected chi connectivity index (χ0v) is 12.2. The van der Waals surface area contributed by atoms with Gasteiger partial charge in [-0.3, -0.25) is 9.59 Å². The number of hydrogen-bond donors (Lipinski definition) is 0. The van der Waals surface area contributed by atoms with E-state index in [1.807, 2.05) is 31.2 Å². The van der Waals surface area contributed by atoms with E-state index >= 15 is 0 Å². The van der Waals surface area contributed by atoms with E-state index in [0.717, 1.165) is 17.7 Å². The number of para-hydroxylation sites is 1. The van der Waals surface area contributed by atoms with Crippen molar-refractivity contribution >= 4 is 11.6 Å². The fourth-order valence-electron chi connectivity index (χ4n) is 3.93. The third-order valence-electron chi connectivity index (χ3n) is 5.50. The lowest BCUT2D eigenvalue weighted by atomic mass is 9.60. The Morgan fingerprint density at radius 2 is 1.85 bits per heavy atom. The van der Waals surface area contributed by atoms with E-state index in [9.17, 15) is 9.59 Å². The van der Waals surface area contributed by atoms with Gasteiger partial charge in [0.2, 0.25) is 0 Å². The summed E-state index contributed by atoms with van der Waals surface area (Å²) in [5.41, 5.74) is 0.0271. The van der Waals surface area contributed by atoms with Gasteiger partial charge < -0.3 is 4.74 Å². The maximum atomic E-state index is 12.6. The van der Waals surface area contributed by atoms with Gasteiger partial charge in [0.1, 0.15) is 11.5 Å². The van der Waals surface area contributed by atoms with E-state index in [1.165, 1.54) is 0 Å². The highest BCUT2D eigenvalue weighted by molar-refractivity contribution is 6.15. The van der Waals surface area contributed by atoms with Gasteiger partial charge in [-0.05, 0) is 25.8 Å². The Labute approximate surface area is 119 Å². The van der Waals surface area contributed by atoms with Gasteiger partial charge in [-0.15, -0.1) is 0 Å². The number of methoxy groups -OCH3 is 1. The van der Waals surface area contributed by atoms with Crippen LogP contribution in [0.5, 0.6) is 5.75 Å². The Bertz CT molecular complexity index is 592. The number of carbonyl (C=O) groups excluding carboxylic acids is 2. The van der Waals surface area contributed by atoms with Crippen LogP contribution in [0.2, 0.25) is 0 Å². The van der Waals surface area contributed by atoms with Gasteiger partial charge in [-0.1, -0.05) is 25.1 Å². The molecule has 0 N–H and O–H groups in total. The molecule has 1 aromatic carbocycles. The van der Waals surface area contributed by atoms with Gasteiger partial charge >= 0.3 is 0 Å². The summed E-state index contributed by atoms with van der Waals surface area (Å²) in [5.74, 6) is 0.851. The third-order valence-corrected chi connectivity index (χ3v) is 5.50. The first-order valence-electron chi connectivity index (χ1n) is 7.14. The first-order valence-corrected chi connectivity index (χ1v) is 7.14. The van der Waals surface area contributed by atoms with E-state index in [0.29, 0.717) is 12.8 Å². The number of Topliss-reactive ketones (excluding diaryl/α,β-unsaturated/α-hetero) is 2. The lowest BCUT2D eigenvalue weighted by Crippen LogP contribution is -2.45. The molecule has 0 amide bonds. The SMILES string of the molecule is COc1ccccc1C1(C)CCC2(C)C(=O)CC1C2=O. The molecule has 2 fully saturated rings. The topological polar surface area (TPSA) is 43.4 Å². The zero-order valence-electron chi connectivity index (χ0n) is 12.2. The van der Waals surface area contributed by atoms with Crippen LogP contribution in [0.25, 0.3) is 0 Å². The molecule has 2 bridgehead atoms. The van der Waals surface area contributed by atoms with E-state index in [-0.39, 0.29) is 22.9 Å². The molecule has 20 heavy (non-hydrogen) atoms. The largest absolute Gasteiger partial charge is 0.496 e. The van der Waals surface area contributed by atoms with Gasteiger partial charge in [0.15, 0.2) is 5.78 Å². The molecular formula is C17H20O3. The first kappa shape index (κ1) is 13.3. The third kappa shape index (κ3) is 1.52. The molecule has 3 nitrogen and oxygen atoms in total. The summed E-state index contributed by atoms with van der Waals surface area (Å²) in [6.07, 6.45) is 1.88. The molecule has 1 aromatic rings. The quantitative estimate of drug-likeness (QED) is 0.777. The van der Waals surface area contributed by atoms with E-state index < -0.39 is 5.41 Å². The minimum Gasteiger partial charge on any atom is -0.496 e. The second-order valence-electron chi connectivity index (χ2n) is 6.49. The number of ketones is 2. The number of carbonyl (C=O) groups is 2. The minimum atomic E-state index is -0.730. The highest BCUT2D eigenvalue weighted by Gasteiger charge is 2.61. The summed E-state index contributed by atoms with van der Waals surface area (Å²) < 4.78 is 5.46. The highest BCUT2D eigenvalue weighted by Crippen LogP contribution is 2.56. The molecule has 2 aliphatic rings. The van der Waals surface area contributed by atoms with Gasteiger partial charge in [0.05, 0.1) is 12.5 Å². The Balaban J connectivity index is 2.10. The zero-order chi connectivity index (χ0) is 14.5. The van der Waals surface area contributed by atoms with Crippen LogP contribution in [-0.2, 0) is 15.0 Å². The van der Waals surface area contributed by atoms with Crippen LogP contribution >= 0.6 is 0 Å². The molecule has 2 aliphatic carbocycles. The molecule has 0 spiro atoms. The summed E-state index contributed by atoms with van der Waals surface area (Å²) in [4.78, 5) is 24.9. The number of benzene rings is 1. The summed E-state index contributed by atoms with van der Waals surface area (Å²) in [5, 5.41) is 0. The van der Waals surface area contributed by atoms with Crippen molar-refractivity contribution in [2.75, 3.05) is 7.11 Å². The monoisotopic (exact) mass is 272 g/mol. The van der Waals surface area contributed by atoms with Crippen molar-refractivity contribution in [1.29, 1.82) is 0 Å². The van der Waals surface area contributed by atoms with Crippen LogP contribution in [0.1, 0.15) is 38.7 Å². The van der Waals surface area contributed by atoms with Crippen molar-refractivity contribution < 1.29 is 14.3 Å². The number of ether oxygens (including phenoxy) is 1. The molecule has 2 saturated carbocycles. The van der Waals surface area contributed by atoms with Crippen molar-refractivity contribution in [3.8, 4) is 5.75 Å². The average Bonchev–Trinajstić information content (AvgIpc) is 2.62. The Morgan fingerprint density at radius 1 is 1.15 bits per heavy atom. The Hall–Kier alpha value is -1.64. The van der Waals surface area contributed by atoms with E-state index in [2.05, 4.69) is 6.92 Å². The molecule has 3 unspecified atom stereocenters. The first-order chi connectivity index (χ1) is 9.43. The molecule has 0 aliphatic heterocycles. The molecule has 0 radical (unpaired) electrons. The summed E-state index contributed by atoms with van der Waals surface area (Å²) in [7, 11) is 1.65. The van der Waals surface area contributed by atoms with Crippen LogP contribution in [0.15, 0.2) is 24.3 Å². The Morgan fingerprint density at radius 3 is 2.55 bits per heavy atom. The number of hydrogen-bond acceptors (Lipinski definition) is 3. The number of fused-ring (bicyclic) bond motifs is 2. The van der Waals surface area contributed by atoms with Gasteiger partial charge in [0, 0.05) is 23.3 Å². The molecule has 106 valence electrons. The predicted octanol–water partition coefficient (Wildman–Crippen LogP) is 2.91. The highest BCUT2D eigenvalue weighted by atomic mass is 16.5. The molecule has 0 aromatic heterocycles. The molecule has 3 atom stereocenters. The van der Waals surface area contributed by atoms with Crippen molar-refractivity contribution in [2.45, 2.75) is 38.5 Å². The van der Waals surface area contributed by atoms with Crippen LogP contribution in [0, 0.1) is 11.3 Å². The van der Waals surface area contributed by atoms with Crippen LogP contribution in [0.4, 0.5) is 0 Å². The maximum Gasteiger partial charge on any atom is 0.150 e. The predicted molar refractivity (Wildman–Crippen MR) is 75.8 cm³/mol.